The SMILES string of the molecule is O=C1[C@@H]2[C@H](C(=O)N1CCNc1c3ccccc3nc3ccccc13)[C@@H]1C=C[C@H]2C1. The number of para-hydroxylation sites is 2. The molecule has 3 aromatic rings. The Bertz CT molecular complexity index is 1120. The normalized spacial score (nSPS) is 27.4. The number of carbonyl (C=O) groups excluding carboxylic acids is 2. The van der Waals surface area contributed by atoms with Crippen molar-refractivity contribution in [2.45, 2.75) is 6.42 Å². The molecule has 144 valence electrons. The highest BCUT2D eigenvalue weighted by Gasteiger charge is 2.58. The van der Waals surface area contributed by atoms with E-state index in [1.165, 1.54) is 4.90 Å². The summed E-state index contributed by atoms with van der Waals surface area (Å²) in [7, 11) is 0. The average Bonchev–Trinajstić information content (AvgIpc) is 3.43. The second kappa shape index (κ2) is 6.14. The molecule has 1 saturated heterocycles. The number of likely N-dealkylation sites (tertiary alicyclic amines) is 1. The Morgan fingerprint density at radius 2 is 1.41 bits per heavy atom. The maximum Gasteiger partial charge on any atom is 0.233 e. The van der Waals surface area contributed by atoms with Gasteiger partial charge in [0.15, 0.2) is 0 Å². The lowest BCUT2D eigenvalue weighted by atomic mass is 9.85. The number of hydrogen-bond acceptors (Lipinski definition) is 4. The number of rotatable bonds is 4. The second-order valence-electron chi connectivity index (χ2n) is 8.28. The number of anilines is 1. The zero-order chi connectivity index (χ0) is 19.5. The highest BCUT2D eigenvalue weighted by atomic mass is 16.2. The molecule has 5 nitrogen and oxygen atoms in total. The first-order valence-corrected chi connectivity index (χ1v) is 10.3. The van der Waals surface area contributed by atoms with Gasteiger partial charge in [-0.05, 0) is 30.4 Å². The van der Waals surface area contributed by atoms with Gasteiger partial charge in [0.05, 0.1) is 28.6 Å². The van der Waals surface area contributed by atoms with Gasteiger partial charge in [-0.2, -0.15) is 0 Å². The van der Waals surface area contributed by atoms with Crippen molar-refractivity contribution in [1.82, 2.24) is 9.88 Å². The first-order valence-electron chi connectivity index (χ1n) is 10.3. The molecule has 2 amide bonds. The van der Waals surface area contributed by atoms with Crippen LogP contribution < -0.4 is 5.32 Å². The maximum absolute atomic E-state index is 12.9. The fourth-order valence-corrected chi connectivity index (χ4v) is 5.51. The van der Waals surface area contributed by atoms with E-state index in [9.17, 15) is 9.59 Å². The van der Waals surface area contributed by atoms with Gasteiger partial charge in [-0.1, -0.05) is 48.6 Å². The predicted molar refractivity (Wildman–Crippen MR) is 112 cm³/mol. The van der Waals surface area contributed by atoms with E-state index in [2.05, 4.69) is 29.6 Å². The molecule has 2 aromatic carbocycles. The molecule has 1 aromatic heterocycles. The minimum Gasteiger partial charge on any atom is -0.382 e. The van der Waals surface area contributed by atoms with Crippen molar-refractivity contribution in [2.75, 3.05) is 18.4 Å². The number of benzene rings is 2. The summed E-state index contributed by atoms with van der Waals surface area (Å²) in [6, 6.07) is 16.1. The lowest BCUT2D eigenvalue weighted by Gasteiger charge is -2.19. The third-order valence-electron chi connectivity index (χ3n) is 6.79. The summed E-state index contributed by atoms with van der Waals surface area (Å²) in [5, 5.41) is 5.59. The molecule has 2 fully saturated rings. The molecule has 6 rings (SSSR count). The zero-order valence-electron chi connectivity index (χ0n) is 15.9. The van der Waals surface area contributed by atoms with Crippen LogP contribution in [0, 0.1) is 23.7 Å². The second-order valence-corrected chi connectivity index (χ2v) is 8.28. The standard InChI is InChI=1S/C24H21N3O2/c28-23-20-14-9-10-15(13-14)21(20)24(29)27(23)12-11-25-22-16-5-1-3-7-18(16)26-19-8-4-2-6-17(19)22/h1-10,14-15,20-21H,11-13H2,(H,25,26)/t14-,15+,20-,21+. The van der Waals surface area contributed by atoms with Crippen LogP contribution in [0.2, 0.25) is 0 Å². The molecule has 5 heteroatoms. The number of hydrogen-bond donors (Lipinski definition) is 1. The summed E-state index contributed by atoms with van der Waals surface area (Å²) in [6.07, 6.45) is 5.23. The zero-order valence-corrected chi connectivity index (χ0v) is 15.9. The number of aromatic nitrogens is 1. The Labute approximate surface area is 168 Å². The van der Waals surface area contributed by atoms with Crippen LogP contribution in [0.3, 0.4) is 0 Å². The monoisotopic (exact) mass is 383 g/mol. The van der Waals surface area contributed by atoms with E-state index in [0.29, 0.717) is 13.1 Å². The number of allylic oxidation sites excluding steroid dienone is 2. The fraction of sp³-hybridized carbons (Fsp3) is 0.292. The first-order chi connectivity index (χ1) is 14.2. The number of amides is 2. The number of imide groups is 1. The summed E-state index contributed by atoms with van der Waals surface area (Å²) in [4.78, 5) is 32.0. The van der Waals surface area contributed by atoms with Crippen LogP contribution in [0.25, 0.3) is 21.8 Å². The van der Waals surface area contributed by atoms with Gasteiger partial charge >= 0.3 is 0 Å². The quantitative estimate of drug-likeness (QED) is 0.425. The molecule has 0 spiro atoms. The van der Waals surface area contributed by atoms with Crippen LogP contribution in [-0.2, 0) is 9.59 Å². The highest BCUT2D eigenvalue weighted by molar-refractivity contribution is 6.08. The van der Waals surface area contributed by atoms with Crippen molar-refractivity contribution in [3.63, 3.8) is 0 Å². The summed E-state index contributed by atoms with van der Waals surface area (Å²) >= 11 is 0. The molecule has 2 heterocycles. The molecule has 0 unspecified atom stereocenters. The lowest BCUT2D eigenvalue weighted by molar-refractivity contribution is -0.140. The van der Waals surface area contributed by atoms with Gasteiger partial charge in [-0.25, -0.2) is 4.98 Å². The topological polar surface area (TPSA) is 62.3 Å². The predicted octanol–water partition coefficient (Wildman–Crippen LogP) is 3.61. The van der Waals surface area contributed by atoms with Crippen molar-refractivity contribution in [3.05, 3.63) is 60.7 Å². The van der Waals surface area contributed by atoms with E-state index in [0.717, 1.165) is 33.9 Å². The van der Waals surface area contributed by atoms with E-state index in [4.69, 9.17) is 4.98 Å². The first kappa shape index (κ1) is 16.7. The van der Waals surface area contributed by atoms with Crippen LogP contribution in [0.4, 0.5) is 5.69 Å². The lowest BCUT2D eigenvalue weighted by Crippen LogP contribution is -2.36. The van der Waals surface area contributed by atoms with Crippen molar-refractivity contribution in [1.29, 1.82) is 0 Å². The maximum atomic E-state index is 12.9. The molecule has 4 atom stereocenters. The van der Waals surface area contributed by atoms with Crippen LogP contribution in [0.15, 0.2) is 60.7 Å². The Morgan fingerprint density at radius 1 is 0.862 bits per heavy atom. The van der Waals surface area contributed by atoms with Crippen LogP contribution in [-0.4, -0.2) is 34.8 Å². The van der Waals surface area contributed by atoms with Gasteiger partial charge in [-0.15, -0.1) is 0 Å². The molecule has 1 saturated carbocycles. The minimum absolute atomic E-state index is 0.0168. The van der Waals surface area contributed by atoms with E-state index in [1.807, 2.05) is 36.4 Å². The van der Waals surface area contributed by atoms with E-state index in [1.54, 1.807) is 0 Å². The summed E-state index contributed by atoms with van der Waals surface area (Å²) < 4.78 is 0. The molecule has 29 heavy (non-hydrogen) atoms. The third kappa shape index (κ3) is 2.36. The summed E-state index contributed by atoms with van der Waals surface area (Å²) in [5.74, 6) is 0.298. The van der Waals surface area contributed by atoms with Crippen molar-refractivity contribution < 1.29 is 9.59 Å². The van der Waals surface area contributed by atoms with E-state index < -0.39 is 0 Å². The Morgan fingerprint density at radius 3 is 2.00 bits per heavy atom. The van der Waals surface area contributed by atoms with Gasteiger partial charge in [-0.3, -0.25) is 14.5 Å². The molecule has 1 N–H and O–H groups in total. The van der Waals surface area contributed by atoms with E-state index >= 15 is 0 Å². The van der Waals surface area contributed by atoms with Gasteiger partial charge in [0.25, 0.3) is 0 Å². The van der Waals surface area contributed by atoms with Gasteiger partial charge in [0, 0.05) is 23.9 Å². The molecule has 0 radical (unpaired) electrons. The van der Waals surface area contributed by atoms with Gasteiger partial charge in [0.1, 0.15) is 0 Å². The Hall–Kier alpha value is -3.21. The smallest absolute Gasteiger partial charge is 0.233 e. The van der Waals surface area contributed by atoms with E-state index in [-0.39, 0.29) is 35.5 Å². The number of nitrogens with one attached hydrogen (secondary N) is 1. The largest absolute Gasteiger partial charge is 0.382 e. The number of pyridine rings is 1. The van der Waals surface area contributed by atoms with Crippen LogP contribution in [0.5, 0.6) is 0 Å². The van der Waals surface area contributed by atoms with Crippen LogP contribution in [0.1, 0.15) is 6.42 Å². The summed E-state index contributed by atoms with van der Waals surface area (Å²) in [6.45, 7) is 0.923. The number of fused-ring (bicyclic) bond motifs is 7. The fourth-order valence-electron chi connectivity index (χ4n) is 5.51. The molecule has 2 bridgehead atoms. The molecule has 3 aliphatic rings. The number of nitrogens with zero attached hydrogens (tertiary/aromatic N) is 2. The Balaban J connectivity index is 1.27. The minimum atomic E-state index is -0.125. The van der Waals surface area contributed by atoms with Gasteiger partial charge < -0.3 is 5.32 Å². The van der Waals surface area contributed by atoms with Crippen molar-refractivity contribution in [2.24, 2.45) is 23.7 Å². The van der Waals surface area contributed by atoms with Gasteiger partial charge in [0.2, 0.25) is 11.8 Å². The van der Waals surface area contributed by atoms with Crippen molar-refractivity contribution >= 4 is 39.3 Å². The van der Waals surface area contributed by atoms with Crippen molar-refractivity contribution in [3.8, 4) is 0 Å². The van der Waals surface area contributed by atoms with Crippen LogP contribution >= 0.6 is 0 Å². The highest BCUT2D eigenvalue weighted by Crippen LogP contribution is 2.52. The summed E-state index contributed by atoms with van der Waals surface area (Å²) in [5.41, 5.74) is 2.87. The average molecular weight is 383 g/mol. The molecular weight excluding hydrogens is 362 g/mol. The molecular formula is C24H21N3O2. The Kier molecular flexibility index (Phi) is 3.54. The molecule has 2 aliphatic carbocycles. The third-order valence-corrected chi connectivity index (χ3v) is 6.79. The molecule has 1 aliphatic heterocycles. The number of carbonyl (C=O) groups is 2.